The molecule has 2 N–H and O–H groups in total. The van der Waals surface area contributed by atoms with Crippen molar-refractivity contribution in [3.8, 4) is 0 Å². The number of aromatic nitrogens is 1. The van der Waals surface area contributed by atoms with Crippen LogP contribution in [0.25, 0.3) is 0 Å². The van der Waals surface area contributed by atoms with E-state index in [0.717, 1.165) is 0 Å². The molecule has 7 nitrogen and oxygen atoms in total. The minimum atomic E-state index is -0.743. The topological polar surface area (TPSA) is 83.9 Å². The molecule has 0 aromatic carbocycles. The molecule has 0 saturated heterocycles. The molecule has 0 spiro atoms. The van der Waals surface area contributed by atoms with E-state index in [4.69, 9.17) is 9.47 Å². The van der Waals surface area contributed by atoms with Crippen LogP contribution in [0.3, 0.4) is 0 Å². The SMILES string of the molecule is CC(C)OCCOC[C@H](O)CN(C)C(=O)Nc1ccncc1. The average molecular weight is 311 g/mol. The molecule has 1 heterocycles. The van der Waals surface area contributed by atoms with Crippen LogP contribution in [0, 0.1) is 0 Å². The normalized spacial score (nSPS) is 12.2. The maximum absolute atomic E-state index is 11.9. The van der Waals surface area contributed by atoms with Gasteiger partial charge in [0.15, 0.2) is 0 Å². The number of hydrogen-bond acceptors (Lipinski definition) is 5. The van der Waals surface area contributed by atoms with Crippen LogP contribution in [-0.2, 0) is 9.47 Å². The van der Waals surface area contributed by atoms with Gasteiger partial charge in [-0.2, -0.15) is 0 Å². The number of aliphatic hydroxyl groups excluding tert-OH is 1. The number of pyridine rings is 1. The Morgan fingerprint density at radius 2 is 2.05 bits per heavy atom. The molecule has 1 rings (SSSR count). The predicted molar refractivity (Wildman–Crippen MR) is 83.8 cm³/mol. The van der Waals surface area contributed by atoms with E-state index in [1.807, 2.05) is 13.8 Å². The van der Waals surface area contributed by atoms with Gasteiger partial charge in [0.2, 0.25) is 0 Å². The first-order chi connectivity index (χ1) is 10.5. The zero-order valence-corrected chi connectivity index (χ0v) is 13.4. The van der Waals surface area contributed by atoms with Crippen LogP contribution in [0.5, 0.6) is 0 Å². The number of carbonyl (C=O) groups is 1. The number of nitrogens with one attached hydrogen (secondary N) is 1. The molecule has 0 bridgehead atoms. The third-order valence-electron chi connectivity index (χ3n) is 2.75. The van der Waals surface area contributed by atoms with Gasteiger partial charge in [-0.3, -0.25) is 4.98 Å². The number of rotatable bonds is 9. The molecule has 0 aliphatic heterocycles. The van der Waals surface area contributed by atoms with Crippen LogP contribution in [0.2, 0.25) is 0 Å². The summed E-state index contributed by atoms with van der Waals surface area (Å²) in [7, 11) is 1.61. The first-order valence-electron chi connectivity index (χ1n) is 7.28. The van der Waals surface area contributed by atoms with Crippen LogP contribution >= 0.6 is 0 Å². The second-order valence-corrected chi connectivity index (χ2v) is 5.19. The summed E-state index contributed by atoms with van der Waals surface area (Å²) in [4.78, 5) is 17.2. The van der Waals surface area contributed by atoms with Gasteiger partial charge in [0.25, 0.3) is 0 Å². The van der Waals surface area contributed by atoms with Crippen LogP contribution in [0.4, 0.5) is 10.5 Å². The Labute approximate surface area is 131 Å². The van der Waals surface area contributed by atoms with Gasteiger partial charge in [-0.25, -0.2) is 4.79 Å². The largest absolute Gasteiger partial charge is 0.389 e. The summed E-state index contributed by atoms with van der Waals surface area (Å²) < 4.78 is 10.6. The number of urea groups is 1. The van der Waals surface area contributed by atoms with Crippen molar-refractivity contribution >= 4 is 11.7 Å². The van der Waals surface area contributed by atoms with E-state index >= 15 is 0 Å². The molecule has 0 saturated carbocycles. The van der Waals surface area contributed by atoms with Crippen molar-refractivity contribution < 1.29 is 19.4 Å². The molecule has 1 aromatic heterocycles. The number of nitrogens with zero attached hydrogens (tertiary/aromatic N) is 2. The first kappa shape index (κ1) is 18.3. The predicted octanol–water partition coefficient (Wildman–Crippen LogP) is 1.35. The van der Waals surface area contributed by atoms with Gasteiger partial charge in [-0.15, -0.1) is 0 Å². The van der Waals surface area contributed by atoms with E-state index in [2.05, 4.69) is 10.3 Å². The maximum Gasteiger partial charge on any atom is 0.321 e. The van der Waals surface area contributed by atoms with Gasteiger partial charge in [0.1, 0.15) is 0 Å². The van der Waals surface area contributed by atoms with Crippen molar-refractivity contribution in [3.63, 3.8) is 0 Å². The highest BCUT2D eigenvalue weighted by Crippen LogP contribution is 2.04. The first-order valence-corrected chi connectivity index (χ1v) is 7.28. The lowest BCUT2D eigenvalue weighted by Gasteiger charge is -2.21. The highest BCUT2D eigenvalue weighted by atomic mass is 16.5. The highest BCUT2D eigenvalue weighted by Gasteiger charge is 2.14. The lowest BCUT2D eigenvalue weighted by atomic mass is 10.3. The number of ether oxygens (including phenoxy) is 2. The number of likely N-dealkylation sites (N-methyl/N-ethyl adjacent to an activating group) is 1. The minimum absolute atomic E-state index is 0.161. The fourth-order valence-electron chi connectivity index (χ4n) is 1.67. The van der Waals surface area contributed by atoms with Gasteiger partial charge in [0.05, 0.1) is 38.6 Å². The molecule has 2 amide bonds. The summed E-state index contributed by atoms with van der Waals surface area (Å²) in [6, 6.07) is 3.09. The highest BCUT2D eigenvalue weighted by molar-refractivity contribution is 5.88. The Morgan fingerprint density at radius 3 is 2.68 bits per heavy atom. The fraction of sp³-hybridized carbons (Fsp3) is 0.600. The van der Waals surface area contributed by atoms with Crippen molar-refractivity contribution in [1.29, 1.82) is 0 Å². The lowest BCUT2D eigenvalue weighted by Crippen LogP contribution is -2.39. The van der Waals surface area contributed by atoms with Gasteiger partial charge in [0, 0.05) is 25.1 Å². The van der Waals surface area contributed by atoms with Crippen molar-refractivity contribution in [2.24, 2.45) is 0 Å². The summed E-state index contributed by atoms with van der Waals surface area (Å²) in [5.74, 6) is 0. The zero-order valence-electron chi connectivity index (χ0n) is 13.4. The quantitative estimate of drug-likeness (QED) is 0.673. The number of hydrogen-bond donors (Lipinski definition) is 2. The Balaban J connectivity index is 2.20. The van der Waals surface area contributed by atoms with E-state index in [1.54, 1.807) is 31.6 Å². The Hall–Kier alpha value is -1.70. The molecule has 0 unspecified atom stereocenters. The summed E-state index contributed by atoms with van der Waals surface area (Å²) in [6.45, 7) is 5.15. The molecule has 22 heavy (non-hydrogen) atoms. The van der Waals surface area contributed by atoms with Crippen molar-refractivity contribution in [1.82, 2.24) is 9.88 Å². The molecule has 1 aromatic rings. The summed E-state index contributed by atoms with van der Waals surface area (Å²) in [6.07, 6.45) is 2.61. The number of carbonyl (C=O) groups excluding carboxylic acids is 1. The van der Waals surface area contributed by atoms with Gasteiger partial charge >= 0.3 is 6.03 Å². The minimum Gasteiger partial charge on any atom is -0.389 e. The van der Waals surface area contributed by atoms with Crippen molar-refractivity contribution in [2.45, 2.75) is 26.1 Å². The second kappa shape index (κ2) is 10.1. The van der Waals surface area contributed by atoms with E-state index in [0.29, 0.717) is 18.9 Å². The molecule has 1 atom stereocenters. The number of aliphatic hydroxyl groups is 1. The molecule has 124 valence electrons. The maximum atomic E-state index is 11.9. The summed E-state index contributed by atoms with van der Waals surface area (Å²) in [5.41, 5.74) is 0.656. The molecular formula is C15H25N3O4. The molecule has 7 heteroatoms. The van der Waals surface area contributed by atoms with Crippen LogP contribution in [0.15, 0.2) is 24.5 Å². The molecule has 0 aliphatic rings. The van der Waals surface area contributed by atoms with E-state index in [9.17, 15) is 9.90 Å². The van der Waals surface area contributed by atoms with Gasteiger partial charge in [-0.1, -0.05) is 0 Å². The fourth-order valence-corrected chi connectivity index (χ4v) is 1.67. The van der Waals surface area contributed by atoms with Gasteiger partial charge < -0.3 is 24.8 Å². The van der Waals surface area contributed by atoms with Crippen molar-refractivity contribution in [2.75, 3.05) is 38.7 Å². The average Bonchev–Trinajstić information content (AvgIpc) is 2.47. The Kier molecular flexibility index (Phi) is 8.42. The number of anilines is 1. The smallest absolute Gasteiger partial charge is 0.321 e. The zero-order chi connectivity index (χ0) is 16.4. The Morgan fingerprint density at radius 1 is 1.36 bits per heavy atom. The molecule has 0 fully saturated rings. The molecular weight excluding hydrogens is 286 g/mol. The van der Waals surface area contributed by atoms with Crippen molar-refractivity contribution in [3.05, 3.63) is 24.5 Å². The second-order valence-electron chi connectivity index (χ2n) is 5.19. The van der Waals surface area contributed by atoms with E-state index in [-0.39, 0.29) is 25.3 Å². The molecule has 0 aliphatic carbocycles. The van der Waals surface area contributed by atoms with E-state index in [1.165, 1.54) is 4.90 Å². The van der Waals surface area contributed by atoms with E-state index < -0.39 is 6.10 Å². The van der Waals surface area contributed by atoms with Gasteiger partial charge in [-0.05, 0) is 26.0 Å². The molecule has 0 radical (unpaired) electrons. The van der Waals surface area contributed by atoms with Crippen LogP contribution in [0.1, 0.15) is 13.8 Å². The third kappa shape index (κ3) is 7.92. The Bertz CT molecular complexity index is 428. The third-order valence-corrected chi connectivity index (χ3v) is 2.75. The monoisotopic (exact) mass is 311 g/mol. The number of amides is 2. The summed E-state index contributed by atoms with van der Waals surface area (Å²) >= 11 is 0. The summed E-state index contributed by atoms with van der Waals surface area (Å²) in [5, 5.41) is 12.6. The lowest BCUT2D eigenvalue weighted by molar-refractivity contribution is -0.0144. The standard InChI is InChI=1S/C15H25N3O4/c1-12(2)22-9-8-21-11-14(19)10-18(3)15(20)17-13-4-6-16-7-5-13/h4-7,12,14,19H,8-11H2,1-3H3,(H,16,17,20)/t14-/m1/s1. The van der Waals surface area contributed by atoms with Crippen LogP contribution < -0.4 is 5.32 Å². The van der Waals surface area contributed by atoms with Crippen LogP contribution in [-0.4, -0.2) is 66.6 Å².